The van der Waals surface area contributed by atoms with E-state index in [0.717, 1.165) is 23.5 Å². The Balaban J connectivity index is 1.79. The zero-order valence-electron chi connectivity index (χ0n) is 14.9. The van der Waals surface area contributed by atoms with Gasteiger partial charge in [-0.25, -0.2) is 0 Å². The van der Waals surface area contributed by atoms with Crippen molar-refractivity contribution < 1.29 is 13.2 Å². The Morgan fingerprint density at radius 2 is 1.89 bits per heavy atom. The normalized spacial score (nSPS) is 19.7. The molecule has 4 rings (SSSR count). The summed E-state index contributed by atoms with van der Waals surface area (Å²) < 4.78 is 41.2. The molecule has 1 fully saturated rings. The minimum atomic E-state index is -4.40. The van der Waals surface area contributed by atoms with Gasteiger partial charge in [-0.3, -0.25) is 4.98 Å². The quantitative estimate of drug-likeness (QED) is 0.655. The number of nitrogens with zero attached hydrogens (tertiary/aromatic N) is 3. The van der Waals surface area contributed by atoms with Crippen LogP contribution in [0.2, 0.25) is 0 Å². The van der Waals surface area contributed by atoms with Crippen molar-refractivity contribution in [3.63, 3.8) is 0 Å². The van der Waals surface area contributed by atoms with Crippen molar-refractivity contribution >= 4 is 17.3 Å². The van der Waals surface area contributed by atoms with Gasteiger partial charge in [-0.15, -0.1) is 0 Å². The number of alkyl halides is 3. The lowest BCUT2D eigenvalue weighted by Gasteiger charge is -2.26. The largest absolute Gasteiger partial charge is 0.416 e. The Bertz CT molecular complexity index is 1000. The van der Waals surface area contributed by atoms with Crippen molar-refractivity contribution in [3.05, 3.63) is 83.9 Å². The van der Waals surface area contributed by atoms with Crippen LogP contribution in [0.3, 0.4) is 0 Å². The molecule has 1 aliphatic rings. The van der Waals surface area contributed by atoms with Crippen LogP contribution < -0.4 is 5.32 Å². The van der Waals surface area contributed by atoms with E-state index in [1.54, 1.807) is 23.0 Å². The van der Waals surface area contributed by atoms with E-state index < -0.39 is 11.7 Å². The summed E-state index contributed by atoms with van der Waals surface area (Å²) in [4.78, 5) is 6.34. The number of hydrogen-bond acceptors (Lipinski definition) is 2. The van der Waals surface area contributed by atoms with Gasteiger partial charge in [0.1, 0.15) is 0 Å². The fraction of sp³-hybridized carbons (Fsp3) is 0.200. The van der Waals surface area contributed by atoms with Gasteiger partial charge in [-0.05, 0) is 54.7 Å². The molecule has 0 spiro atoms. The van der Waals surface area contributed by atoms with Crippen LogP contribution in [0.25, 0.3) is 5.69 Å². The van der Waals surface area contributed by atoms with E-state index in [9.17, 15) is 13.2 Å². The van der Waals surface area contributed by atoms with Gasteiger partial charge in [0.25, 0.3) is 0 Å². The second-order valence-corrected chi connectivity index (χ2v) is 6.98. The average molecular weight is 402 g/mol. The highest BCUT2D eigenvalue weighted by atomic mass is 32.1. The van der Waals surface area contributed by atoms with Crippen LogP contribution >= 0.6 is 12.2 Å². The van der Waals surface area contributed by atoms with Gasteiger partial charge in [0.15, 0.2) is 5.11 Å². The van der Waals surface area contributed by atoms with E-state index in [1.165, 1.54) is 6.07 Å². The van der Waals surface area contributed by atoms with Crippen LogP contribution in [0, 0.1) is 0 Å². The number of rotatable bonds is 3. The van der Waals surface area contributed by atoms with Gasteiger partial charge >= 0.3 is 6.18 Å². The highest BCUT2D eigenvalue weighted by Crippen LogP contribution is 2.39. The van der Waals surface area contributed by atoms with Gasteiger partial charge in [0.05, 0.1) is 23.3 Å². The van der Waals surface area contributed by atoms with E-state index in [0.29, 0.717) is 10.8 Å². The number of likely N-dealkylation sites (N-methyl/N-ethyl adjacent to an activating group) is 1. The summed E-state index contributed by atoms with van der Waals surface area (Å²) in [6, 6.07) is 14.2. The Morgan fingerprint density at radius 1 is 1.07 bits per heavy atom. The summed E-state index contributed by atoms with van der Waals surface area (Å²) in [5, 5.41) is 3.84. The number of pyridine rings is 1. The molecule has 0 saturated carbocycles. The summed E-state index contributed by atoms with van der Waals surface area (Å²) in [5.74, 6) is 0. The molecule has 1 aliphatic heterocycles. The van der Waals surface area contributed by atoms with Crippen LogP contribution in [0.1, 0.15) is 29.0 Å². The number of thiocarbonyl (C=S) groups is 1. The molecule has 3 aromatic rings. The van der Waals surface area contributed by atoms with Gasteiger partial charge in [0, 0.05) is 30.8 Å². The number of hydrogen-bond donors (Lipinski definition) is 1. The first-order chi connectivity index (χ1) is 13.4. The molecule has 1 N–H and O–H groups in total. The Morgan fingerprint density at radius 3 is 2.61 bits per heavy atom. The summed E-state index contributed by atoms with van der Waals surface area (Å²) >= 11 is 5.43. The van der Waals surface area contributed by atoms with E-state index in [-0.39, 0.29) is 12.1 Å². The third-order valence-corrected chi connectivity index (χ3v) is 5.28. The molecule has 1 aromatic carbocycles. The minimum absolute atomic E-state index is 0.210. The van der Waals surface area contributed by atoms with Crippen LogP contribution in [-0.2, 0) is 6.18 Å². The average Bonchev–Trinajstić information content (AvgIpc) is 3.27. The molecule has 0 amide bonds. The highest BCUT2D eigenvalue weighted by molar-refractivity contribution is 7.80. The lowest BCUT2D eigenvalue weighted by molar-refractivity contribution is -0.137. The topological polar surface area (TPSA) is 33.1 Å². The third-order valence-electron chi connectivity index (χ3n) is 4.87. The Hall–Kier alpha value is -2.87. The van der Waals surface area contributed by atoms with Crippen molar-refractivity contribution in [1.29, 1.82) is 0 Å². The van der Waals surface area contributed by atoms with Crippen molar-refractivity contribution in [1.82, 2.24) is 19.8 Å². The zero-order chi connectivity index (χ0) is 19.9. The molecule has 0 radical (unpaired) electrons. The van der Waals surface area contributed by atoms with Gasteiger partial charge < -0.3 is 14.8 Å². The SMILES string of the molecule is CN1C(=S)N[C@H](c2ccccn2)[C@H]1c1cccn1-c1cccc(C(F)(F)F)c1. The van der Waals surface area contributed by atoms with E-state index in [1.807, 2.05) is 42.3 Å². The molecule has 28 heavy (non-hydrogen) atoms. The van der Waals surface area contributed by atoms with E-state index in [2.05, 4.69) is 10.3 Å². The molecule has 2 atom stereocenters. The second-order valence-electron chi connectivity index (χ2n) is 6.59. The lowest BCUT2D eigenvalue weighted by atomic mass is 10.0. The second kappa shape index (κ2) is 6.94. The predicted molar refractivity (Wildman–Crippen MR) is 104 cm³/mol. The summed E-state index contributed by atoms with van der Waals surface area (Å²) in [7, 11) is 1.87. The molecule has 8 heteroatoms. The molecule has 144 valence electrons. The number of aromatic nitrogens is 2. The predicted octanol–water partition coefficient (Wildman–Crippen LogP) is 4.49. The molecular weight excluding hydrogens is 385 g/mol. The molecule has 1 saturated heterocycles. The smallest absolute Gasteiger partial charge is 0.352 e. The summed E-state index contributed by atoms with van der Waals surface area (Å²) in [5.41, 5.74) is 1.40. The van der Waals surface area contributed by atoms with Crippen molar-refractivity contribution in [2.75, 3.05) is 7.05 Å². The van der Waals surface area contributed by atoms with Gasteiger partial charge in [0.2, 0.25) is 0 Å². The monoisotopic (exact) mass is 402 g/mol. The standard InChI is InChI=1S/C20H17F3N4S/c1-26-18(17(25-19(26)28)15-8-2-3-10-24-15)16-9-5-11-27(16)14-7-4-6-13(12-14)20(21,22)23/h2-12,17-18H,1H3,(H,25,28)/t17-,18-/m1/s1. The van der Waals surface area contributed by atoms with Crippen LogP contribution in [0.5, 0.6) is 0 Å². The molecule has 3 heterocycles. The fourth-order valence-corrected chi connectivity index (χ4v) is 3.77. The molecular formula is C20H17F3N4S. The first-order valence-electron chi connectivity index (χ1n) is 8.65. The zero-order valence-corrected chi connectivity index (χ0v) is 15.7. The molecule has 0 unspecified atom stereocenters. The van der Waals surface area contributed by atoms with Crippen molar-refractivity contribution in [2.24, 2.45) is 0 Å². The van der Waals surface area contributed by atoms with E-state index in [4.69, 9.17) is 12.2 Å². The van der Waals surface area contributed by atoms with Crippen LogP contribution in [0.15, 0.2) is 67.0 Å². The Labute approximate surface area is 165 Å². The van der Waals surface area contributed by atoms with Crippen LogP contribution in [-0.4, -0.2) is 26.6 Å². The van der Waals surface area contributed by atoms with Gasteiger partial charge in [-0.1, -0.05) is 12.1 Å². The molecule has 0 aliphatic carbocycles. The first-order valence-corrected chi connectivity index (χ1v) is 9.06. The summed E-state index contributed by atoms with van der Waals surface area (Å²) in [6.45, 7) is 0. The number of benzene rings is 1. The highest BCUT2D eigenvalue weighted by Gasteiger charge is 2.39. The first kappa shape index (κ1) is 18.5. The molecule has 4 nitrogen and oxygen atoms in total. The van der Waals surface area contributed by atoms with Crippen molar-refractivity contribution in [3.8, 4) is 5.69 Å². The maximum absolute atomic E-state index is 13.2. The molecule has 0 bridgehead atoms. The van der Waals surface area contributed by atoms with Crippen LogP contribution in [0.4, 0.5) is 13.2 Å². The lowest BCUT2D eigenvalue weighted by Crippen LogP contribution is -2.26. The minimum Gasteiger partial charge on any atom is -0.352 e. The number of nitrogens with one attached hydrogen (secondary N) is 1. The van der Waals surface area contributed by atoms with E-state index >= 15 is 0 Å². The maximum atomic E-state index is 13.2. The number of halogens is 3. The van der Waals surface area contributed by atoms with Crippen molar-refractivity contribution in [2.45, 2.75) is 18.3 Å². The third kappa shape index (κ3) is 3.24. The summed E-state index contributed by atoms with van der Waals surface area (Å²) in [6.07, 6.45) is -0.927. The maximum Gasteiger partial charge on any atom is 0.416 e. The van der Waals surface area contributed by atoms with Gasteiger partial charge in [-0.2, -0.15) is 13.2 Å². The Kier molecular flexibility index (Phi) is 4.58. The fourth-order valence-electron chi connectivity index (χ4n) is 3.53. The molecule has 2 aromatic heterocycles.